The molecule has 1 aliphatic carbocycles. The summed E-state index contributed by atoms with van der Waals surface area (Å²) >= 11 is 0. The Hall–Kier alpha value is -10.4. The molecule has 5 radical (unpaired) electrons. The fraction of sp³-hybridized carbons (Fsp3) is 0.0510. The number of nitrogens with zero attached hydrogens (tertiary/aromatic N) is 6. The molecule has 0 fully saturated rings. The van der Waals surface area contributed by atoms with Gasteiger partial charge in [0.05, 0.1) is 7.11 Å². The summed E-state index contributed by atoms with van der Waals surface area (Å²) < 4.78 is 31.3. The second-order valence-electron chi connectivity index (χ2n) is 26.2. The Bertz CT molecular complexity index is 6100. The van der Waals surface area contributed by atoms with Crippen LogP contribution in [0, 0.1) is 48.9 Å². The molecule has 5 heterocycles. The zero-order valence-corrected chi connectivity index (χ0v) is 72.9. The number of fused-ring (bicyclic) bond motifs is 8. The number of hydrogen-bond donors (Lipinski definition) is 0. The van der Waals surface area contributed by atoms with E-state index < -0.39 is 0 Å². The van der Waals surface area contributed by atoms with E-state index in [0.29, 0.717) is 5.56 Å². The van der Waals surface area contributed by atoms with Crippen molar-refractivity contribution in [2.75, 3.05) is 12.0 Å². The number of methoxy groups -OCH3 is 1. The summed E-state index contributed by atoms with van der Waals surface area (Å²) in [6.07, 6.45) is 9.10. The largest absolute Gasteiger partial charge is 0.540 e. The molecule has 5 aromatic heterocycles. The summed E-state index contributed by atoms with van der Waals surface area (Å²) in [5.74, 6) is 0.284. The normalized spacial score (nSPS) is 11.0. The van der Waals surface area contributed by atoms with Gasteiger partial charge in [-0.3, -0.25) is 8.78 Å². The van der Waals surface area contributed by atoms with Crippen LogP contribution in [0.3, 0.4) is 0 Å². The number of benzene rings is 13. The van der Waals surface area contributed by atoms with Crippen molar-refractivity contribution in [1.82, 2.24) is 24.9 Å². The summed E-state index contributed by atoms with van der Waals surface area (Å²) in [5, 5.41) is 11.4. The van der Waals surface area contributed by atoms with Gasteiger partial charge in [-0.1, -0.05) is 219 Å². The van der Waals surface area contributed by atoms with Gasteiger partial charge in [0.25, 0.3) is 0 Å². The first-order valence-corrected chi connectivity index (χ1v) is 35.2. The Morgan fingerprint density at radius 3 is 1.06 bits per heavy atom. The van der Waals surface area contributed by atoms with Gasteiger partial charge in [0.1, 0.15) is 0 Å². The van der Waals surface area contributed by atoms with Crippen LogP contribution in [0.15, 0.2) is 346 Å². The van der Waals surface area contributed by atoms with Crippen molar-refractivity contribution < 1.29 is 114 Å². The van der Waals surface area contributed by atoms with E-state index in [1.54, 1.807) is 38.6 Å². The van der Waals surface area contributed by atoms with Crippen molar-refractivity contribution in [2.45, 2.75) is 26.2 Å². The maximum Gasteiger partial charge on any atom is 0.0647 e. The number of anilines is 3. The Balaban J connectivity index is 0.000000149. The quantitative estimate of drug-likeness (QED) is 0.133. The fourth-order valence-corrected chi connectivity index (χ4v) is 13.7. The van der Waals surface area contributed by atoms with Gasteiger partial charge in [-0.05, 0) is 154 Å². The number of hydrogen-bond acceptors (Lipinski definition) is 7. The van der Waals surface area contributed by atoms with E-state index >= 15 is 0 Å². The second-order valence-corrected chi connectivity index (χ2v) is 26.2. The number of ether oxygens (including phenoxy) is 1. The maximum atomic E-state index is 13.3. The van der Waals surface area contributed by atoms with Gasteiger partial charge in [-0.25, -0.2) is 0 Å². The van der Waals surface area contributed by atoms with Crippen molar-refractivity contribution in [2.24, 2.45) is 0 Å². The Morgan fingerprint density at radius 2 is 0.670 bits per heavy atom. The number of halogens is 2. The zero-order chi connectivity index (χ0) is 73.1. The fourth-order valence-electron chi connectivity index (χ4n) is 13.7. The molecular weight excluding hydrogens is 2280 g/mol. The molecule has 19 rings (SSSR count). The van der Waals surface area contributed by atoms with Crippen molar-refractivity contribution in [1.29, 1.82) is 0 Å². The molecule has 0 bridgehead atoms. The average Bonchev–Trinajstić information content (AvgIpc) is 1.58. The van der Waals surface area contributed by atoms with Crippen LogP contribution in [-0.2, 0) is 106 Å². The van der Waals surface area contributed by atoms with Gasteiger partial charge in [-0.15, -0.1) is 143 Å². The molecule has 0 atom stereocenters. The van der Waals surface area contributed by atoms with Gasteiger partial charge in [0.2, 0.25) is 0 Å². The Morgan fingerprint density at radius 1 is 0.312 bits per heavy atom. The van der Waals surface area contributed by atoms with Crippen LogP contribution in [0.1, 0.15) is 30.5 Å². The molecule has 1 aliphatic rings. The van der Waals surface area contributed by atoms with E-state index in [9.17, 15) is 8.78 Å². The predicted molar refractivity (Wildman–Crippen MR) is 434 cm³/mol. The molecule has 0 unspecified atom stereocenters. The summed E-state index contributed by atoms with van der Waals surface area (Å²) in [6, 6.07) is 121. The number of aromatic nitrogens is 5. The van der Waals surface area contributed by atoms with Crippen LogP contribution in [0.5, 0.6) is 5.75 Å². The van der Waals surface area contributed by atoms with Crippen LogP contribution < -0.4 is 9.64 Å². The minimum atomic E-state index is -0.283. The monoisotopic (exact) mass is 2350 g/mol. The van der Waals surface area contributed by atoms with Crippen LogP contribution in [-0.4, -0.2) is 32.0 Å². The third-order valence-corrected chi connectivity index (χ3v) is 19.1. The molecule has 0 aliphatic heterocycles. The maximum absolute atomic E-state index is 13.3. The zero-order valence-electron chi connectivity index (χ0n) is 60.9. The van der Waals surface area contributed by atoms with Crippen LogP contribution in [0.4, 0.5) is 25.8 Å². The van der Waals surface area contributed by atoms with Crippen LogP contribution in [0.25, 0.3) is 121 Å². The first-order chi connectivity index (χ1) is 52.5. The van der Waals surface area contributed by atoms with Crippen molar-refractivity contribution in [3.8, 4) is 73.2 Å². The number of rotatable bonds is 9. The standard InChI is InChI=1S/C27H19N2.C24H18N.C16H11FN.C16H12NO.C15H9FN.5Ir/c1-3-10-23(11-4-1)29(24-12-5-2-6-13-24)25-17-15-22(16-18-25)27-26-14-8-7-9-21(26)19-20-28-27;1-24(2)21-10-6-5-9-19(21)20-12-11-17(15-22(20)24)23-18-8-4-3-7-16(18)13-14-25-23;1-11-10-13(6-7-15(11)17)16-14-5-3-2-4-12(14)8-9-18-16;1-18-14-8-6-13(7-9-14)16-15-5-3-2-4-12(15)10-11-17-16;16-13-7-5-12(6-8-13)15-14-4-2-1-3-11(14)9-10-17-15;;;;;/h1-15,17-20H;3-10,12-15H,1-2H3;2-5,7-10H,1H3;2-6,8-11H,1H3;1-5,7-10H;;;;;/q5*-1;;;;;. The Kier molecular flexibility index (Phi) is 29.4. The van der Waals surface area contributed by atoms with Gasteiger partial charge in [0.15, 0.2) is 0 Å². The molecule has 0 N–H and O–H groups in total. The van der Waals surface area contributed by atoms with E-state index in [-0.39, 0.29) is 118 Å². The molecule has 0 amide bonds. The van der Waals surface area contributed by atoms with Crippen molar-refractivity contribution in [3.05, 3.63) is 405 Å². The SMILES string of the molecule is CC1(C)c2ccccc2-c2c[c-]c(-c3nccc4ccccc34)cc21.COc1c[c-]c(-c2nccc3ccccc23)cc1.Cc1cc(-c2nccc3ccccc23)[c-]cc1F.Fc1c[c-]c(-c2nccc3ccccc23)cc1.[Ir].[Ir].[Ir].[Ir].[Ir].[c-]1cc(N(c2ccccc2)c2ccccc2)ccc1-c1nccc2ccccc12. The minimum absolute atomic E-state index is 0. The van der Waals surface area contributed by atoms with Gasteiger partial charge in [-0.2, -0.15) is 0 Å². The summed E-state index contributed by atoms with van der Waals surface area (Å²) in [5.41, 5.74) is 18.5. The third kappa shape index (κ3) is 18.7. The van der Waals surface area contributed by atoms with E-state index in [4.69, 9.17) is 4.74 Å². The third-order valence-electron chi connectivity index (χ3n) is 19.1. The average molecular weight is 2350 g/mol. The second kappa shape index (κ2) is 39.2. The molecule has 0 saturated heterocycles. The topological polar surface area (TPSA) is 76.9 Å². The molecule has 7 nitrogen and oxygen atoms in total. The molecule has 112 heavy (non-hydrogen) atoms. The first kappa shape index (κ1) is 84.1. The molecule has 561 valence electrons. The van der Waals surface area contributed by atoms with Crippen molar-refractivity contribution in [3.63, 3.8) is 0 Å². The molecule has 18 aromatic rings. The van der Waals surface area contributed by atoms with Gasteiger partial charge >= 0.3 is 0 Å². The summed E-state index contributed by atoms with van der Waals surface area (Å²) in [4.78, 5) is 24.7. The number of para-hydroxylation sites is 2. The predicted octanol–water partition coefficient (Wildman–Crippen LogP) is 24.9. The molecule has 0 spiro atoms. The summed E-state index contributed by atoms with van der Waals surface area (Å²) in [6.45, 7) is 6.35. The molecule has 0 saturated carbocycles. The van der Waals surface area contributed by atoms with E-state index in [0.717, 1.165) is 111 Å². The van der Waals surface area contributed by atoms with E-state index in [1.165, 1.54) is 62.0 Å². The van der Waals surface area contributed by atoms with Crippen molar-refractivity contribution >= 4 is 70.9 Å². The first-order valence-electron chi connectivity index (χ1n) is 35.2. The summed E-state index contributed by atoms with van der Waals surface area (Å²) in [7, 11) is 1.65. The van der Waals surface area contributed by atoms with Gasteiger partial charge < -0.3 is 34.6 Å². The van der Waals surface area contributed by atoms with E-state index in [1.807, 2.05) is 140 Å². The molecular formula is C98H69F2Ir5N6O-5. The number of pyridine rings is 5. The van der Waals surface area contributed by atoms with Gasteiger partial charge in [0, 0.05) is 160 Å². The van der Waals surface area contributed by atoms with Crippen LogP contribution in [0.2, 0.25) is 0 Å². The molecule has 13 aromatic carbocycles. The Labute approximate surface area is 719 Å². The van der Waals surface area contributed by atoms with E-state index in [2.05, 4.69) is 238 Å². The smallest absolute Gasteiger partial charge is 0.0647 e. The molecule has 14 heteroatoms. The van der Waals surface area contributed by atoms with Crippen LogP contribution >= 0.6 is 0 Å². The number of aryl methyl sites for hydroxylation is 1. The minimum Gasteiger partial charge on any atom is -0.540 e.